The number of carbonyl (C=O) groups is 2. The predicted octanol–water partition coefficient (Wildman–Crippen LogP) is 1.52. The SMILES string of the molecule is COCCCNC(=O)C(C)(C)C(=O)NCCc1ccccc1. The molecule has 0 radical (unpaired) electrons. The van der Waals surface area contributed by atoms with Crippen LogP contribution in [-0.4, -0.2) is 38.6 Å². The Morgan fingerprint density at radius 1 is 1.05 bits per heavy atom. The second-order valence-corrected chi connectivity index (χ2v) is 5.72. The van der Waals surface area contributed by atoms with Crippen molar-refractivity contribution in [2.75, 3.05) is 26.8 Å². The molecule has 5 nitrogen and oxygen atoms in total. The zero-order chi connectivity index (χ0) is 16.4. The number of rotatable bonds is 9. The highest BCUT2D eigenvalue weighted by molar-refractivity contribution is 6.04. The fourth-order valence-electron chi connectivity index (χ4n) is 1.93. The van der Waals surface area contributed by atoms with Gasteiger partial charge in [0.25, 0.3) is 0 Å². The summed E-state index contributed by atoms with van der Waals surface area (Å²) < 4.78 is 4.92. The van der Waals surface area contributed by atoms with Crippen LogP contribution in [0.4, 0.5) is 0 Å². The molecular formula is C17H26N2O3. The zero-order valence-electron chi connectivity index (χ0n) is 13.6. The Hall–Kier alpha value is -1.88. The van der Waals surface area contributed by atoms with Crippen molar-refractivity contribution in [2.45, 2.75) is 26.7 Å². The third-order valence-electron chi connectivity index (χ3n) is 3.49. The van der Waals surface area contributed by atoms with Crippen LogP contribution in [-0.2, 0) is 20.7 Å². The Morgan fingerprint density at radius 3 is 2.23 bits per heavy atom. The highest BCUT2D eigenvalue weighted by atomic mass is 16.5. The van der Waals surface area contributed by atoms with E-state index in [1.807, 2.05) is 30.3 Å². The van der Waals surface area contributed by atoms with Crippen molar-refractivity contribution in [2.24, 2.45) is 5.41 Å². The van der Waals surface area contributed by atoms with Crippen LogP contribution in [0.2, 0.25) is 0 Å². The second-order valence-electron chi connectivity index (χ2n) is 5.72. The first-order valence-electron chi connectivity index (χ1n) is 7.58. The average Bonchev–Trinajstić information content (AvgIpc) is 2.52. The number of ether oxygens (including phenoxy) is 1. The minimum Gasteiger partial charge on any atom is -0.385 e. The maximum atomic E-state index is 12.2. The number of amides is 2. The van der Waals surface area contributed by atoms with E-state index in [4.69, 9.17) is 4.74 Å². The predicted molar refractivity (Wildman–Crippen MR) is 86.4 cm³/mol. The van der Waals surface area contributed by atoms with Crippen molar-refractivity contribution in [1.82, 2.24) is 10.6 Å². The van der Waals surface area contributed by atoms with E-state index in [2.05, 4.69) is 10.6 Å². The van der Waals surface area contributed by atoms with Crippen molar-refractivity contribution < 1.29 is 14.3 Å². The third kappa shape index (κ3) is 5.85. The molecule has 0 fully saturated rings. The number of methoxy groups -OCH3 is 1. The first-order valence-corrected chi connectivity index (χ1v) is 7.58. The Labute approximate surface area is 132 Å². The molecule has 0 spiro atoms. The number of nitrogens with one attached hydrogen (secondary N) is 2. The van der Waals surface area contributed by atoms with Crippen LogP contribution in [0.1, 0.15) is 25.8 Å². The molecule has 122 valence electrons. The Morgan fingerprint density at radius 2 is 1.64 bits per heavy atom. The molecule has 0 bridgehead atoms. The lowest BCUT2D eigenvalue weighted by Crippen LogP contribution is -2.48. The number of hydrogen-bond donors (Lipinski definition) is 2. The van der Waals surface area contributed by atoms with Gasteiger partial charge in [0, 0.05) is 26.8 Å². The summed E-state index contributed by atoms with van der Waals surface area (Å²) in [6.07, 6.45) is 1.48. The zero-order valence-corrected chi connectivity index (χ0v) is 13.6. The molecule has 0 atom stereocenters. The molecule has 22 heavy (non-hydrogen) atoms. The van der Waals surface area contributed by atoms with Crippen molar-refractivity contribution >= 4 is 11.8 Å². The summed E-state index contributed by atoms with van der Waals surface area (Å²) in [5, 5.41) is 5.60. The quantitative estimate of drug-likeness (QED) is 0.537. The van der Waals surface area contributed by atoms with Crippen molar-refractivity contribution in [3.63, 3.8) is 0 Å². The number of benzene rings is 1. The van der Waals surface area contributed by atoms with Gasteiger partial charge in [-0.1, -0.05) is 30.3 Å². The van der Waals surface area contributed by atoms with E-state index in [-0.39, 0.29) is 11.8 Å². The molecule has 1 rings (SSSR count). The van der Waals surface area contributed by atoms with E-state index in [1.165, 1.54) is 0 Å². The third-order valence-corrected chi connectivity index (χ3v) is 3.49. The molecular weight excluding hydrogens is 280 g/mol. The van der Waals surface area contributed by atoms with E-state index in [1.54, 1.807) is 21.0 Å². The summed E-state index contributed by atoms with van der Waals surface area (Å²) in [5.74, 6) is -0.520. The highest BCUT2D eigenvalue weighted by Gasteiger charge is 2.35. The average molecular weight is 306 g/mol. The molecule has 2 amide bonds. The Kier molecular flexibility index (Phi) is 7.60. The molecule has 0 aromatic heterocycles. The molecule has 0 aliphatic heterocycles. The monoisotopic (exact) mass is 306 g/mol. The van der Waals surface area contributed by atoms with Crippen LogP contribution in [0.15, 0.2) is 30.3 Å². The second kappa shape index (κ2) is 9.20. The van der Waals surface area contributed by atoms with E-state index in [0.717, 1.165) is 18.4 Å². The summed E-state index contributed by atoms with van der Waals surface area (Å²) in [6.45, 7) is 4.88. The Balaban J connectivity index is 2.36. The van der Waals surface area contributed by atoms with Gasteiger partial charge in [-0.25, -0.2) is 0 Å². The molecule has 0 saturated carbocycles. The van der Waals surface area contributed by atoms with Crippen LogP contribution in [0.3, 0.4) is 0 Å². The molecule has 5 heteroatoms. The first kappa shape index (κ1) is 18.2. The summed E-state index contributed by atoms with van der Waals surface area (Å²) >= 11 is 0. The highest BCUT2D eigenvalue weighted by Crippen LogP contribution is 2.15. The first-order chi connectivity index (χ1) is 10.5. The van der Waals surface area contributed by atoms with Gasteiger partial charge in [-0.2, -0.15) is 0 Å². The van der Waals surface area contributed by atoms with Crippen LogP contribution < -0.4 is 10.6 Å². The molecule has 1 aromatic rings. The minimum atomic E-state index is -1.08. The molecule has 1 aromatic carbocycles. The molecule has 2 N–H and O–H groups in total. The van der Waals surface area contributed by atoms with Gasteiger partial charge in [0.1, 0.15) is 5.41 Å². The van der Waals surface area contributed by atoms with E-state index in [0.29, 0.717) is 19.7 Å². The molecule has 0 aliphatic rings. The van der Waals surface area contributed by atoms with Gasteiger partial charge in [0.05, 0.1) is 0 Å². The van der Waals surface area contributed by atoms with Crippen molar-refractivity contribution in [3.8, 4) is 0 Å². The van der Waals surface area contributed by atoms with Gasteiger partial charge in [-0.05, 0) is 32.3 Å². The maximum absolute atomic E-state index is 12.2. The van der Waals surface area contributed by atoms with Crippen LogP contribution in [0.25, 0.3) is 0 Å². The van der Waals surface area contributed by atoms with E-state index >= 15 is 0 Å². The van der Waals surface area contributed by atoms with E-state index < -0.39 is 5.41 Å². The van der Waals surface area contributed by atoms with Crippen molar-refractivity contribution in [3.05, 3.63) is 35.9 Å². The minimum absolute atomic E-state index is 0.257. The van der Waals surface area contributed by atoms with Gasteiger partial charge in [-0.15, -0.1) is 0 Å². The molecule has 0 saturated heterocycles. The lowest BCUT2D eigenvalue weighted by atomic mass is 9.91. The molecule has 0 aliphatic carbocycles. The summed E-state index contributed by atoms with van der Waals surface area (Å²) in [5.41, 5.74) is 0.0775. The largest absolute Gasteiger partial charge is 0.385 e. The van der Waals surface area contributed by atoms with Crippen LogP contribution in [0.5, 0.6) is 0 Å². The normalized spacial score (nSPS) is 11.0. The van der Waals surface area contributed by atoms with Crippen molar-refractivity contribution in [1.29, 1.82) is 0 Å². The van der Waals surface area contributed by atoms with Gasteiger partial charge in [0.15, 0.2) is 0 Å². The smallest absolute Gasteiger partial charge is 0.235 e. The number of hydrogen-bond acceptors (Lipinski definition) is 3. The van der Waals surface area contributed by atoms with Gasteiger partial charge < -0.3 is 15.4 Å². The summed E-state index contributed by atoms with van der Waals surface area (Å²) in [7, 11) is 1.62. The number of carbonyl (C=O) groups excluding carboxylic acids is 2. The lowest BCUT2D eigenvalue weighted by molar-refractivity contribution is -0.141. The fraction of sp³-hybridized carbons (Fsp3) is 0.529. The molecule has 0 unspecified atom stereocenters. The van der Waals surface area contributed by atoms with Crippen LogP contribution in [0, 0.1) is 5.41 Å². The van der Waals surface area contributed by atoms with E-state index in [9.17, 15) is 9.59 Å². The maximum Gasteiger partial charge on any atom is 0.235 e. The van der Waals surface area contributed by atoms with Crippen LogP contribution >= 0.6 is 0 Å². The van der Waals surface area contributed by atoms with Gasteiger partial charge in [0.2, 0.25) is 11.8 Å². The standard InChI is InChI=1S/C17H26N2O3/c1-17(2,15(20)18-11-7-13-22-3)16(21)19-12-10-14-8-5-4-6-9-14/h4-6,8-9H,7,10-13H2,1-3H3,(H,18,20)(H,19,21). The Bertz CT molecular complexity index is 472. The van der Waals surface area contributed by atoms with Gasteiger partial charge >= 0.3 is 0 Å². The van der Waals surface area contributed by atoms with Gasteiger partial charge in [-0.3, -0.25) is 9.59 Å². The summed E-state index contributed by atoms with van der Waals surface area (Å²) in [4.78, 5) is 24.3. The topological polar surface area (TPSA) is 67.4 Å². The summed E-state index contributed by atoms with van der Waals surface area (Å²) in [6, 6.07) is 9.92. The lowest BCUT2D eigenvalue weighted by Gasteiger charge is -2.22. The molecule has 0 heterocycles. The fourth-order valence-corrected chi connectivity index (χ4v) is 1.93.